The number of H-pyrrole nitrogens is 1. The van der Waals surface area contributed by atoms with Gasteiger partial charge in [-0.05, 0) is 29.1 Å². The standard InChI is InChI=1S/C19H19ClN2O4/c20-15-9-16-13(6-7-21-16)8-14(15)18(24)17(23)10-22-19(25)26-11-12-4-2-1-3-5-12/h1-9,17-18,21,23-24H,10-11H2,(H,22,25). The number of alkyl carbamates (subject to hydrolysis) is 1. The number of rotatable bonds is 6. The number of aromatic nitrogens is 1. The predicted molar refractivity (Wildman–Crippen MR) is 98.9 cm³/mol. The molecule has 2 atom stereocenters. The van der Waals surface area contributed by atoms with Crippen molar-refractivity contribution in [3.8, 4) is 0 Å². The molecule has 3 rings (SSSR count). The van der Waals surface area contributed by atoms with Crippen LogP contribution in [0.3, 0.4) is 0 Å². The first-order valence-electron chi connectivity index (χ1n) is 8.12. The molecule has 1 heterocycles. The minimum absolute atomic E-state index is 0.126. The number of carbonyl (C=O) groups excluding carboxylic acids is 1. The number of aliphatic hydroxyl groups excluding tert-OH is 2. The van der Waals surface area contributed by atoms with E-state index in [4.69, 9.17) is 16.3 Å². The maximum atomic E-state index is 11.7. The van der Waals surface area contributed by atoms with Gasteiger partial charge in [0.25, 0.3) is 0 Å². The largest absolute Gasteiger partial charge is 0.445 e. The monoisotopic (exact) mass is 374 g/mol. The SMILES string of the molecule is O=C(NCC(O)C(O)c1cc2cc[nH]c2cc1Cl)OCc1ccccc1. The van der Waals surface area contributed by atoms with Crippen molar-refractivity contribution in [3.05, 3.63) is 70.9 Å². The molecule has 6 nitrogen and oxygen atoms in total. The summed E-state index contributed by atoms with van der Waals surface area (Å²) in [7, 11) is 0. The molecular formula is C19H19ClN2O4. The van der Waals surface area contributed by atoms with Crippen LogP contribution in [0.25, 0.3) is 10.9 Å². The lowest BCUT2D eigenvalue weighted by Gasteiger charge is -2.20. The summed E-state index contributed by atoms with van der Waals surface area (Å²) in [6.07, 6.45) is -1.38. The number of nitrogens with one attached hydrogen (secondary N) is 2. The number of halogens is 1. The lowest BCUT2D eigenvalue weighted by molar-refractivity contribution is 0.0185. The van der Waals surface area contributed by atoms with Crippen molar-refractivity contribution >= 4 is 28.6 Å². The summed E-state index contributed by atoms with van der Waals surface area (Å²) in [5.74, 6) is 0. The second-order valence-corrected chi connectivity index (χ2v) is 6.30. The number of aromatic amines is 1. The van der Waals surface area contributed by atoms with Crippen LogP contribution in [0.1, 0.15) is 17.2 Å². The molecule has 26 heavy (non-hydrogen) atoms. The molecule has 0 aliphatic carbocycles. The average molecular weight is 375 g/mol. The van der Waals surface area contributed by atoms with Crippen LogP contribution in [0.4, 0.5) is 4.79 Å². The van der Waals surface area contributed by atoms with Gasteiger partial charge in [0.15, 0.2) is 0 Å². The minimum atomic E-state index is -1.24. The highest BCUT2D eigenvalue weighted by Gasteiger charge is 2.22. The Labute approximate surface area is 155 Å². The van der Waals surface area contributed by atoms with E-state index < -0.39 is 18.3 Å². The molecule has 136 valence electrons. The van der Waals surface area contributed by atoms with E-state index >= 15 is 0 Å². The lowest BCUT2D eigenvalue weighted by Crippen LogP contribution is -2.35. The number of amides is 1. The van der Waals surface area contributed by atoms with Crippen LogP contribution in [0.5, 0.6) is 0 Å². The zero-order valence-electron chi connectivity index (χ0n) is 13.9. The molecule has 2 unspecified atom stereocenters. The number of aliphatic hydroxyl groups is 2. The van der Waals surface area contributed by atoms with Gasteiger partial charge in [0.1, 0.15) is 18.8 Å². The first-order valence-corrected chi connectivity index (χ1v) is 8.49. The Kier molecular flexibility index (Phi) is 5.78. The van der Waals surface area contributed by atoms with Crippen molar-refractivity contribution in [2.45, 2.75) is 18.8 Å². The zero-order valence-corrected chi connectivity index (χ0v) is 14.6. The summed E-state index contributed by atoms with van der Waals surface area (Å²) in [6, 6.07) is 14.5. The Hall–Kier alpha value is -2.54. The molecule has 0 saturated heterocycles. The van der Waals surface area contributed by atoms with Crippen molar-refractivity contribution in [3.63, 3.8) is 0 Å². The Morgan fingerprint density at radius 2 is 1.96 bits per heavy atom. The molecule has 0 bridgehead atoms. The molecule has 0 spiro atoms. The maximum Gasteiger partial charge on any atom is 0.407 e. The van der Waals surface area contributed by atoms with Crippen molar-refractivity contribution in [2.75, 3.05) is 6.54 Å². The Bertz CT molecular complexity index is 882. The molecule has 2 aromatic carbocycles. The molecule has 4 N–H and O–H groups in total. The van der Waals surface area contributed by atoms with Gasteiger partial charge in [-0.1, -0.05) is 41.9 Å². The molecule has 7 heteroatoms. The van der Waals surface area contributed by atoms with E-state index in [-0.39, 0.29) is 13.2 Å². The van der Waals surface area contributed by atoms with Crippen LogP contribution in [-0.2, 0) is 11.3 Å². The summed E-state index contributed by atoms with van der Waals surface area (Å²) in [6.45, 7) is -0.0440. The van der Waals surface area contributed by atoms with Crippen LogP contribution in [-0.4, -0.2) is 33.9 Å². The van der Waals surface area contributed by atoms with Gasteiger partial charge in [0.2, 0.25) is 0 Å². The molecule has 0 saturated carbocycles. The highest BCUT2D eigenvalue weighted by atomic mass is 35.5. The van der Waals surface area contributed by atoms with E-state index in [0.717, 1.165) is 16.5 Å². The smallest absolute Gasteiger partial charge is 0.407 e. The number of hydrogen-bond acceptors (Lipinski definition) is 4. The number of hydrogen-bond donors (Lipinski definition) is 4. The molecule has 0 aliphatic heterocycles. The number of carbonyl (C=O) groups is 1. The second kappa shape index (κ2) is 8.23. The van der Waals surface area contributed by atoms with E-state index in [2.05, 4.69) is 10.3 Å². The minimum Gasteiger partial charge on any atom is -0.445 e. The molecule has 1 aromatic heterocycles. The Morgan fingerprint density at radius 3 is 2.73 bits per heavy atom. The van der Waals surface area contributed by atoms with Crippen molar-refractivity contribution in [1.82, 2.24) is 10.3 Å². The third-order valence-electron chi connectivity index (χ3n) is 4.02. The van der Waals surface area contributed by atoms with Gasteiger partial charge >= 0.3 is 6.09 Å². The average Bonchev–Trinajstić information content (AvgIpc) is 3.11. The molecule has 0 radical (unpaired) electrons. The van der Waals surface area contributed by atoms with Crippen LogP contribution in [0, 0.1) is 0 Å². The van der Waals surface area contributed by atoms with E-state index in [1.165, 1.54) is 0 Å². The fourth-order valence-electron chi connectivity index (χ4n) is 2.60. The van der Waals surface area contributed by atoms with E-state index in [1.807, 2.05) is 36.4 Å². The number of benzene rings is 2. The summed E-state index contributed by atoms with van der Waals surface area (Å²) in [4.78, 5) is 14.8. The van der Waals surface area contributed by atoms with Gasteiger partial charge < -0.3 is 25.3 Å². The summed E-state index contributed by atoms with van der Waals surface area (Å²) in [5, 5.41) is 24.1. The summed E-state index contributed by atoms with van der Waals surface area (Å²) in [5.41, 5.74) is 2.09. The van der Waals surface area contributed by atoms with Crippen molar-refractivity contribution < 1.29 is 19.7 Å². The van der Waals surface area contributed by atoms with E-state index in [9.17, 15) is 15.0 Å². The van der Waals surface area contributed by atoms with Crippen molar-refractivity contribution in [1.29, 1.82) is 0 Å². The normalized spacial score (nSPS) is 13.3. The molecule has 1 amide bonds. The second-order valence-electron chi connectivity index (χ2n) is 5.89. The van der Waals surface area contributed by atoms with Gasteiger partial charge in [-0.3, -0.25) is 0 Å². The Balaban J connectivity index is 1.54. The fourth-order valence-corrected chi connectivity index (χ4v) is 2.87. The first-order chi connectivity index (χ1) is 12.5. The highest BCUT2D eigenvalue weighted by molar-refractivity contribution is 6.32. The predicted octanol–water partition coefficient (Wildman–Crippen LogP) is 3.14. The lowest BCUT2D eigenvalue weighted by atomic mass is 10.0. The number of fused-ring (bicyclic) bond motifs is 1. The van der Waals surface area contributed by atoms with Crippen molar-refractivity contribution in [2.24, 2.45) is 0 Å². The molecule has 3 aromatic rings. The van der Waals surface area contributed by atoms with Crippen LogP contribution in [0.2, 0.25) is 5.02 Å². The molecular weight excluding hydrogens is 356 g/mol. The van der Waals surface area contributed by atoms with E-state index in [0.29, 0.717) is 10.6 Å². The maximum absolute atomic E-state index is 11.7. The van der Waals surface area contributed by atoms with Crippen LogP contribution in [0.15, 0.2) is 54.7 Å². The van der Waals surface area contributed by atoms with Gasteiger partial charge in [0, 0.05) is 28.8 Å². The van der Waals surface area contributed by atoms with Gasteiger partial charge in [-0.2, -0.15) is 0 Å². The van der Waals surface area contributed by atoms with Crippen LogP contribution < -0.4 is 5.32 Å². The molecule has 0 fully saturated rings. The third-order valence-corrected chi connectivity index (χ3v) is 4.35. The summed E-state index contributed by atoms with van der Waals surface area (Å²) >= 11 is 6.18. The summed E-state index contributed by atoms with van der Waals surface area (Å²) < 4.78 is 5.06. The zero-order chi connectivity index (χ0) is 18.5. The third kappa shape index (κ3) is 4.35. The highest BCUT2D eigenvalue weighted by Crippen LogP contribution is 2.29. The van der Waals surface area contributed by atoms with Gasteiger partial charge in [0.05, 0.1) is 0 Å². The molecule has 0 aliphatic rings. The number of ether oxygens (including phenoxy) is 1. The van der Waals surface area contributed by atoms with E-state index in [1.54, 1.807) is 18.3 Å². The Morgan fingerprint density at radius 1 is 1.19 bits per heavy atom. The quantitative estimate of drug-likeness (QED) is 0.533. The fraction of sp³-hybridized carbons (Fsp3) is 0.211. The topological polar surface area (TPSA) is 94.6 Å². The van der Waals surface area contributed by atoms with Crippen LogP contribution >= 0.6 is 11.6 Å². The van der Waals surface area contributed by atoms with Gasteiger partial charge in [-0.25, -0.2) is 4.79 Å². The van der Waals surface area contributed by atoms with Gasteiger partial charge in [-0.15, -0.1) is 0 Å². The first kappa shape index (κ1) is 18.3.